The Balaban J connectivity index is 1.54. The molecule has 0 unspecified atom stereocenters. The van der Waals surface area contributed by atoms with E-state index >= 15 is 0 Å². The van der Waals surface area contributed by atoms with E-state index in [1.807, 2.05) is 37.3 Å². The van der Waals surface area contributed by atoms with Crippen LogP contribution in [0.3, 0.4) is 0 Å². The van der Waals surface area contributed by atoms with Gasteiger partial charge in [0.2, 0.25) is 0 Å². The molecule has 1 N–H and O–H groups in total. The molecule has 1 aliphatic heterocycles. The lowest BCUT2D eigenvalue weighted by Gasteiger charge is -2.36. The summed E-state index contributed by atoms with van der Waals surface area (Å²) in [6, 6.07) is 11.5. The summed E-state index contributed by atoms with van der Waals surface area (Å²) in [6.07, 6.45) is 0. The first-order valence-electron chi connectivity index (χ1n) is 7.97. The van der Waals surface area contributed by atoms with E-state index in [0.717, 1.165) is 53.1 Å². The zero-order valence-corrected chi connectivity index (χ0v) is 14.9. The molecule has 4 nitrogen and oxygen atoms in total. The Kier molecular flexibility index (Phi) is 3.98. The van der Waals surface area contributed by atoms with Crippen molar-refractivity contribution >= 4 is 44.0 Å². The molecule has 0 aliphatic carbocycles. The van der Waals surface area contributed by atoms with Crippen molar-refractivity contribution in [3.8, 4) is 5.75 Å². The molecule has 1 saturated heterocycles. The van der Waals surface area contributed by atoms with Gasteiger partial charge in [-0.1, -0.05) is 35.1 Å². The number of rotatable bonds is 2. The smallest absolute Gasteiger partial charge is 0.186 e. The Morgan fingerprint density at radius 1 is 1.04 bits per heavy atom. The van der Waals surface area contributed by atoms with Gasteiger partial charge in [0.1, 0.15) is 5.75 Å². The highest BCUT2D eigenvalue weighted by atomic mass is 35.5. The number of para-hydroxylation sites is 2. The van der Waals surface area contributed by atoms with Crippen molar-refractivity contribution in [2.75, 3.05) is 36.0 Å². The van der Waals surface area contributed by atoms with Crippen molar-refractivity contribution in [3.63, 3.8) is 0 Å². The molecule has 124 valence electrons. The van der Waals surface area contributed by atoms with Gasteiger partial charge in [-0.05, 0) is 36.8 Å². The number of piperazine rings is 1. The minimum Gasteiger partial charge on any atom is -0.506 e. The van der Waals surface area contributed by atoms with Gasteiger partial charge in [0, 0.05) is 31.2 Å². The molecule has 2 heterocycles. The first-order valence-corrected chi connectivity index (χ1v) is 9.16. The number of aromatic hydroxyl groups is 1. The second-order valence-electron chi connectivity index (χ2n) is 5.98. The maximum atomic E-state index is 10.0. The van der Waals surface area contributed by atoms with Crippen LogP contribution in [0.5, 0.6) is 5.75 Å². The van der Waals surface area contributed by atoms with Gasteiger partial charge in [0.05, 0.1) is 15.9 Å². The second kappa shape index (κ2) is 6.15. The average Bonchev–Trinajstić information content (AvgIpc) is 3.04. The summed E-state index contributed by atoms with van der Waals surface area (Å²) in [5, 5.41) is 11.8. The van der Waals surface area contributed by atoms with Crippen molar-refractivity contribution in [2.24, 2.45) is 0 Å². The van der Waals surface area contributed by atoms with Crippen molar-refractivity contribution in [1.29, 1.82) is 0 Å². The van der Waals surface area contributed by atoms with Crippen molar-refractivity contribution in [1.82, 2.24) is 4.98 Å². The van der Waals surface area contributed by atoms with E-state index < -0.39 is 0 Å². The molecule has 0 atom stereocenters. The first kappa shape index (κ1) is 15.5. The number of phenols is 1. The summed E-state index contributed by atoms with van der Waals surface area (Å²) in [5.74, 6) is 0.344. The maximum absolute atomic E-state index is 10.0. The van der Waals surface area contributed by atoms with E-state index in [4.69, 9.17) is 16.6 Å². The quantitative estimate of drug-likeness (QED) is 0.740. The molecule has 0 amide bonds. The highest BCUT2D eigenvalue weighted by molar-refractivity contribution is 7.22. The van der Waals surface area contributed by atoms with E-state index in [1.54, 1.807) is 17.4 Å². The number of hydrogen-bond acceptors (Lipinski definition) is 5. The summed E-state index contributed by atoms with van der Waals surface area (Å²) in [6.45, 7) is 5.53. The highest BCUT2D eigenvalue weighted by Crippen LogP contribution is 2.34. The van der Waals surface area contributed by atoms with Crippen LogP contribution in [0, 0.1) is 6.92 Å². The second-order valence-corrected chi connectivity index (χ2v) is 7.39. The largest absolute Gasteiger partial charge is 0.506 e. The lowest BCUT2D eigenvalue weighted by Crippen LogP contribution is -2.46. The molecule has 2 aromatic carbocycles. The van der Waals surface area contributed by atoms with Crippen LogP contribution in [0.25, 0.3) is 10.2 Å². The van der Waals surface area contributed by atoms with Gasteiger partial charge in [-0.15, -0.1) is 0 Å². The minimum atomic E-state index is 0.344. The van der Waals surface area contributed by atoms with Crippen LogP contribution in [0.2, 0.25) is 5.02 Å². The molecule has 0 saturated carbocycles. The van der Waals surface area contributed by atoms with Crippen molar-refractivity contribution in [3.05, 3.63) is 47.0 Å². The predicted octanol–water partition coefficient (Wildman–Crippen LogP) is 4.29. The number of anilines is 2. The van der Waals surface area contributed by atoms with Gasteiger partial charge in [0.15, 0.2) is 5.13 Å². The summed E-state index contributed by atoms with van der Waals surface area (Å²) in [4.78, 5) is 9.34. The average molecular weight is 360 g/mol. The SMILES string of the molecule is Cc1c(Cl)ccc2sc(N3CCN(c4ccccc4O)CC3)nc12. The summed E-state index contributed by atoms with van der Waals surface area (Å²) >= 11 is 7.92. The predicted molar refractivity (Wildman–Crippen MR) is 102 cm³/mol. The normalized spacial score (nSPS) is 15.2. The van der Waals surface area contributed by atoms with Gasteiger partial charge in [-0.2, -0.15) is 0 Å². The minimum absolute atomic E-state index is 0.344. The van der Waals surface area contributed by atoms with Crippen molar-refractivity contribution < 1.29 is 5.11 Å². The van der Waals surface area contributed by atoms with Gasteiger partial charge in [-0.25, -0.2) is 4.98 Å². The third-order valence-corrected chi connectivity index (χ3v) is 6.00. The van der Waals surface area contributed by atoms with Gasteiger partial charge in [-0.3, -0.25) is 0 Å². The molecule has 24 heavy (non-hydrogen) atoms. The molecule has 0 radical (unpaired) electrons. The lowest BCUT2D eigenvalue weighted by molar-refractivity contribution is 0.472. The number of aromatic nitrogens is 1. The van der Waals surface area contributed by atoms with Crippen LogP contribution in [0.1, 0.15) is 5.56 Å². The standard InChI is InChI=1S/C18H18ClN3OS/c1-12-13(19)6-7-16-17(12)20-18(24-16)22-10-8-21(9-11-22)14-4-2-3-5-15(14)23/h2-7,23H,8-11H2,1H3. The van der Waals surface area contributed by atoms with Crippen molar-refractivity contribution in [2.45, 2.75) is 6.92 Å². The number of thiazole rings is 1. The van der Waals surface area contributed by atoms with Crippen LogP contribution in [0.4, 0.5) is 10.8 Å². The third-order valence-electron chi connectivity index (χ3n) is 4.51. The Bertz CT molecular complexity index is 887. The Labute approximate surface area is 149 Å². The maximum Gasteiger partial charge on any atom is 0.186 e. The molecular formula is C18H18ClN3OS. The van der Waals surface area contributed by atoms with E-state index in [-0.39, 0.29) is 0 Å². The highest BCUT2D eigenvalue weighted by Gasteiger charge is 2.22. The van der Waals surface area contributed by atoms with Crippen LogP contribution < -0.4 is 9.80 Å². The summed E-state index contributed by atoms with van der Waals surface area (Å²) in [5.41, 5.74) is 2.96. The molecule has 3 aromatic rings. The van der Waals surface area contributed by atoms with Gasteiger partial charge >= 0.3 is 0 Å². The number of phenolic OH excluding ortho intramolecular Hbond substituents is 1. The zero-order valence-electron chi connectivity index (χ0n) is 13.4. The van der Waals surface area contributed by atoms with Gasteiger partial charge in [0.25, 0.3) is 0 Å². The summed E-state index contributed by atoms with van der Waals surface area (Å²) in [7, 11) is 0. The molecule has 1 aromatic heterocycles. The zero-order chi connectivity index (χ0) is 16.7. The van der Waals surface area contributed by atoms with E-state index in [0.29, 0.717) is 5.75 Å². The molecule has 0 spiro atoms. The summed E-state index contributed by atoms with van der Waals surface area (Å²) < 4.78 is 1.18. The van der Waals surface area contributed by atoms with Crippen LogP contribution >= 0.6 is 22.9 Å². The number of aryl methyl sites for hydroxylation is 1. The lowest BCUT2D eigenvalue weighted by atomic mass is 10.2. The number of fused-ring (bicyclic) bond motifs is 1. The van der Waals surface area contributed by atoms with E-state index in [2.05, 4.69) is 9.80 Å². The topological polar surface area (TPSA) is 39.6 Å². The Morgan fingerprint density at radius 3 is 2.50 bits per heavy atom. The fraction of sp³-hybridized carbons (Fsp3) is 0.278. The first-order chi connectivity index (χ1) is 11.6. The van der Waals surface area contributed by atoms with E-state index in [9.17, 15) is 5.11 Å². The number of benzene rings is 2. The molecule has 4 rings (SSSR count). The van der Waals surface area contributed by atoms with Crippen LogP contribution in [0.15, 0.2) is 36.4 Å². The molecule has 0 bridgehead atoms. The van der Waals surface area contributed by atoms with E-state index in [1.165, 1.54) is 4.70 Å². The Morgan fingerprint density at radius 2 is 1.75 bits per heavy atom. The fourth-order valence-corrected chi connectivity index (χ4v) is 4.32. The fourth-order valence-electron chi connectivity index (χ4n) is 3.09. The monoisotopic (exact) mass is 359 g/mol. The molecular weight excluding hydrogens is 342 g/mol. The Hall–Kier alpha value is -1.98. The van der Waals surface area contributed by atoms with Gasteiger partial charge < -0.3 is 14.9 Å². The van der Waals surface area contributed by atoms with Crippen LogP contribution in [-0.2, 0) is 0 Å². The molecule has 1 fully saturated rings. The molecule has 6 heteroatoms. The number of halogens is 1. The molecule has 1 aliphatic rings. The number of nitrogens with zero attached hydrogens (tertiary/aromatic N) is 3. The third kappa shape index (κ3) is 2.68. The van der Waals surface area contributed by atoms with Crippen LogP contribution in [-0.4, -0.2) is 36.3 Å². The number of hydrogen-bond donors (Lipinski definition) is 1.